The van der Waals surface area contributed by atoms with Gasteiger partial charge in [-0.3, -0.25) is 14.6 Å². The third-order valence-corrected chi connectivity index (χ3v) is 5.70. The van der Waals surface area contributed by atoms with E-state index in [9.17, 15) is 9.59 Å². The molecule has 0 spiro atoms. The van der Waals surface area contributed by atoms with Crippen LogP contribution in [0.25, 0.3) is 10.9 Å². The molecule has 1 unspecified atom stereocenters. The van der Waals surface area contributed by atoms with E-state index >= 15 is 0 Å². The number of hydrogen-bond donors (Lipinski definition) is 1. The summed E-state index contributed by atoms with van der Waals surface area (Å²) >= 11 is 0. The molecular weight excluding hydrogens is 378 g/mol. The SMILES string of the molecule is NC(Cc1ccccc1)C(=O)N1CCN(C(=O)CCn2ccc3ccncc32)CC1. The number of nitrogens with zero attached hydrogens (tertiary/aromatic N) is 4. The molecule has 1 atom stereocenters. The van der Waals surface area contributed by atoms with Gasteiger partial charge in [0.2, 0.25) is 11.8 Å². The molecule has 4 rings (SSSR count). The minimum atomic E-state index is -0.551. The fourth-order valence-corrected chi connectivity index (χ4v) is 3.96. The van der Waals surface area contributed by atoms with E-state index in [2.05, 4.69) is 9.55 Å². The Hall–Kier alpha value is -3.19. The summed E-state index contributed by atoms with van der Waals surface area (Å²) in [7, 11) is 0. The average Bonchev–Trinajstić information content (AvgIpc) is 3.21. The van der Waals surface area contributed by atoms with E-state index in [1.807, 2.05) is 59.8 Å². The lowest BCUT2D eigenvalue weighted by atomic mass is 10.1. The number of carbonyl (C=O) groups excluding carboxylic acids is 2. The molecule has 1 aromatic carbocycles. The molecule has 1 saturated heterocycles. The van der Waals surface area contributed by atoms with Gasteiger partial charge in [0.1, 0.15) is 0 Å². The second kappa shape index (κ2) is 9.09. The molecule has 3 aromatic rings. The van der Waals surface area contributed by atoms with Crippen LogP contribution in [0.15, 0.2) is 61.1 Å². The quantitative estimate of drug-likeness (QED) is 0.676. The van der Waals surface area contributed by atoms with Crippen molar-refractivity contribution in [1.29, 1.82) is 0 Å². The summed E-state index contributed by atoms with van der Waals surface area (Å²) in [5, 5.41) is 1.12. The summed E-state index contributed by atoms with van der Waals surface area (Å²) in [6, 6.07) is 13.3. The molecule has 1 aliphatic heterocycles. The molecule has 2 amide bonds. The molecule has 2 N–H and O–H groups in total. The van der Waals surface area contributed by atoms with Crippen molar-refractivity contribution in [2.24, 2.45) is 5.73 Å². The summed E-state index contributed by atoms with van der Waals surface area (Å²) in [6.45, 7) is 2.79. The number of nitrogens with two attached hydrogens (primary N) is 1. The Bertz CT molecular complexity index is 1010. The van der Waals surface area contributed by atoms with Gasteiger partial charge in [-0.05, 0) is 24.1 Å². The van der Waals surface area contributed by atoms with Gasteiger partial charge < -0.3 is 20.1 Å². The van der Waals surface area contributed by atoms with E-state index in [0.717, 1.165) is 16.5 Å². The van der Waals surface area contributed by atoms with Crippen molar-refractivity contribution >= 4 is 22.7 Å². The van der Waals surface area contributed by atoms with Gasteiger partial charge in [-0.25, -0.2) is 0 Å². The van der Waals surface area contributed by atoms with Crippen molar-refractivity contribution in [1.82, 2.24) is 19.4 Å². The fourth-order valence-electron chi connectivity index (χ4n) is 3.96. The smallest absolute Gasteiger partial charge is 0.239 e. The predicted molar refractivity (Wildman–Crippen MR) is 116 cm³/mol. The third kappa shape index (κ3) is 4.52. The topological polar surface area (TPSA) is 84.5 Å². The highest BCUT2D eigenvalue weighted by molar-refractivity contribution is 5.83. The number of amides is 2. The summed E-state index contributed by atoms with van der Waals surface area (Å²) in [4.78, 5) is 33.1. The highest BCUT2D eigenvalue weighted by Gasteiger charge is 2.27. The van der Waals surface area contributed by atoms with Crippen molar-refractivity contribution in [3.8, 4) is 0 Å². The number of benzene rings is 1. The summed E-state index contributed by atoms with van der Waals surface area (Å²) in [5.74, 6) is 0.0682. The lowest BCUT2D eigenvalue weighted by Gasteiger charge is -2.36. The van der Waals surface area contributed by atoms with Gasteiger partial charge in [-0.2, -0.15) is 0 Å². The van der Waals surface area contributed by atoms with E-state index in [1.54, 1.807) is 11.1 Å². The zero-order chi connectivity index (χ0) is 20.9. The Morgan fingerprint density at radius 1 is 1.00 bits per heavy atom. The molecule has 0 saturated carbocycles. The van der Waals surface area contributed by atoms with Crippen LogP contribution in [0.2, 0.25) is 0 Å². The van der Waals surface area contributed by atoms with Gasteiger partial charge >= 0.3 is 0 Å². The largest absolute Gasteiger partial charge is 0.346 e. The van der Waals surface area contributed by atoms with E-state index in [-0.39, 0.29) is 11.8 Å². The number of aromatic nitrogens is 2. The van der Waals surface area contributed by atoms with Crippen LogP contribution in [0.5, 0.6) is 0 Å². The number of rotatable bonds is 6. The van der Waals surface area contributed by atoms with Gasteiger partial charge in [-0.15, -0.1) is 0 Å². The van der Waals surface area contributed by atoms with Crippen LogP contribution in [0, 0.1) is 0 Å². The van der Waals surface area contributed by atoms with Gasteiger partial charge in [0.05, 0.1) is 17.8 Å². The van der Waals surface area contributed by atoms with Crippen LogP contribution < -0.4 is 5.73 Å². The molecule has 2 aromatic heterocycles. The minimum absolute atomic E-state index is 0.0442. The number of pyridine rings is 1. The molecule has 0 bridgehead atoms. The molecule has 7 nitrogen and oxygen atoms in total. The first-order chi connectivity index (χ1) is 14.6. The average molecular weight is 406 g/mol. The van der Waals surface area contributed by atoms with Crippen molar-refractivity contribution in [3.63, 3.8) is 0 Å². The van der Waals surface area contributed by atoms with E-state index < -0.39 is 6.04 Å². The lowest BCUT2D eigenvalue weighted by Crippen LogP contribution is -2.54. The molecule has 30 heavy (non-hydrogen) atoms. The van der Waals surface area contributed by atoms with E-state index in [4.69, 9.17) is 5.73 Å². The molecule has 7 heteroatoms. The fraction of sp³-hybridized carbons (Fsp3) is 0.348. The monoisotopic (exact) mass is 405 g/mol. The third-order valence-electron chi connectivity index (χ3n) is 5.70. The Balaban J connectivity index is 1.25. The molecular formula is C23H27N5O2. The maximum atomic E-state index is 12.7. The molecule has 0 radical (unpaired) electrons. The van der Waals surface area contributed by atoms with Crippen LogP contribution in [0.4, 0.5) is 0 Å². The number of aryl methyl sites for hydroxylation is 1. The number of piperazine rings is 1. The van der Waals surface area contributed by atoms with Crippen LogP contribution in [-0.4, -0.2) is 63.4 Å². The van der Waals surface area contributed by atoms with Crippen LogP contribution in [0.3, 0.4) is 0 Å². The van der Waals surface area contributed by atoms with Gasteiger partial charge in [-0.1, -0.05) is 30.3 Å². The number of fused-ring (bicyclic) bond motifs is 1. The second-order valence-electron chi connectivity index (χ2n) is 7.70. The first kappa shape index (κ1) is 20.1. The summed E-state index contributed by atoms with van der Waals surface area (Å²) < 4.78 is 2.06. The number of hydrogen-bond acceptors (Lipinski definition) is 4. The standard InChI is InChI=1S/C23H27N5O2/c24-20(16-18-4-2-1-3-5-18)23(30)28-14-12-27(13-15-28)22(29)8-11-26-10-7-19-6-9-25-17-21(19)26/h1-7,9-10,17,20H,8,11-16,24H2. The van der Waals surface area contributed by atoms with Crippen LogP contribution >= 0.6 is 0 Å². The molecule has 0 aliphatic carbocycles. The van der Waals surface area contributed by atoms with Crippen molar-refractivity contribution in [2.75, 3.05) is 26.2 Å². The Morgan fingerprint density at radius 2 is 1.73 bits per heavy atom. The van der Waals surface area contributed by atoms with Gasteiger partial charge in [0, 0.05) is 56.9 Å². The van der Waals surface area contributed by atoms with Crippen molar-refractivity contribution in [2.45, 2.75) is 25.4 Å². The zero-order valence-electron chi connectivity index (χ0n) is 17.0. The minimum Gasteiger partial charge on any atom is -0.346 e. The van der Waals surface area contributed by atoms with Gasteiger partial charge in [0.25, 0.3) is 0 Å². The predicted octanol–water partition coefficient (Wildman–Crippen LogP) is 1.67. The Kier molecular flexibility index (Phi) is 6.09. The highest BCUT2D eigenvalue weighted by atomic mass is 16.2. The molecule has 3 heterocycles. The lowest BCUT2D eigenvalue weighted by molar-refractivity contribution is -0.140. The van der Waals surface area contributed by atoms with E-state index in [1.165, 1.54) is 0 Å². The van der Waals surface area contributed by atoms with Crippen molar-refractivity contribution < 1.29 is 9.59 Å². The first-order valence-electron chi connectivity index (χ1n) is 10.4. The molecule has 1 aliphatic rings. The maximum absolute atomic E-state index is 12.7. The summed E-state index contributed by atoms with van der Waals surface area (Å²) in [6.07, 6.45) is 6.54. The van der Waals surface area contributed by atoms with Crippen LogP contribution in [-0.2, 0) is 22.6 Å². The second-order valence-corrected chi connectivity index (χ2v) is 7.70. The Morgan fingerprint density at radius 3 is 2.50 bits per heavy atom. The summed E-state index contributed by atoms with van der Waals surface area (Å²) in [5.41, 5.74) is 8.23. The van der Waals surface area contributed by atoms with Crippen LogP contribution in [0.1, 0.15) is 12.0 Å². The normalized spacial score (nSPS) is 15.4. The molecule has 156 valence electrons. The first-order valence-corrected chi connectivity index (χ1v) is 10.4. The van der Waals surface area contributed by atoms with Crippen molar-refractivity contribution in [3.05, 3.63) is 66.6 Å². The Labute approximate surface area is 176 Å². The van der Waals surface area contributed by atoms with E-state index in [0.29, 0.717) is 45.6 Å². The van der Waals surface area contributed by atoms with Gasteiger partial charge in [0.15, 0.2) is 0 Å². The highest BCUT2D eigenvalue weighted by Crippen LogP contribution is 2.15. The molecule has 1 fully saturated rings. The maximum Gasteiger partial charge on any atom is 0.239 e. The zero-order valence-corrected chi connectivity index (χ0v) is 17.0. The number of carbonyl (C=O) groups is 2.